The fraction of sp³-hybridized carbons (Fsp3) is 0.417. The summed E-state index contributed by atoms with van der Waals surface area (Å²) in [5.74, 6) is 2.00. The molecule has 1 aliphatic carbocycles. The van der Waals surface area contributed by atoms with Gasteiger partial charge in [-0.15, -0.1) is 0 Å². The lowest BCUT2D eigenvalue weighted by Gasteiger charge is -2.26. The number of aromatic amines is 1. The Kier molecular flexibility index (Phi) is 4.80. The Morgan fingerprint density at radius 3 is 2.71 bits per heavy atom. The number of aryl methyl sites for hydroxylation is 2. The van der Waals surface area contributed by atoms with E-state index in [0.717, 1.165) is 47.9 Å². The number of halogens is 1. The first kappa shape index (κ1) is 21.0. The lowest BCUT2D eigenvalue weighted by molar-refractivity contribution is 0.438. The fourth-order valence-corrected chi connectivity index (χ4v) is 5.64. The van der Waals surface area contributed by atoms with E-state index in [2.05, 4.69) is 30.2 Å². The van der Waals surface area contributed by atoms with Gasteiger partial charge in [-0.05, 0) is 50.7 Å². The number of nitrogens with two attached hydrogens (primary N) is 1. The van der Waals surface area contributed by atoms with Gasteiger partial charge in [0.25, 0.3) is 0 Å². The molecule has 1 saturated carbocycles. The number of rotatable bonds is 4. The van der Waals surface area contributed by atoms with Gasteiger partial charge in [-0.3, -0.25) is 0 Å². The van der Waals surface area contributed by atoms with Crippen molar-refractivity contribution in [3.63, 3.8) is 0 Å². The van der Waals surface area contributed by atoms with Crippen molar-refractivity contribution in [1.29, 1.82) is 0 Å². The summed E-state index contributed by atoms with van der Waals surface area (Å²) in [7, 11) is 1.78. The zero-order valence-corrected chi connectivity index (χ0v) is 19.4. The molecule has 0 amide bonds. The molecule has 2 fully saturated rings. The molecule has 34 heavy (non-hydrogen) atoms. The molecule has 3 atom stereocenters. The first-order chi connectivity index (χ1) is 16.4. The molecule has 1 aliphatic heterocycles. The molecule has 3 aromatic heterocycles. The minimum atomic E-state index is -0.275. The predicted octanol–water partition coefficient (Wildman–Crippen LogP) is 3.81. The Labute approximate surface area is 196 Å². The van der Waals surface area contributed by atoms with E-state index in [0.29, 0.717) is 40.4 Å². The van der Waals surface area contributed by atoms with Crippen molar-refractivity contribution in [2.45, 2.75) is 45.2 Å². The molecule has 0 bridgehead atoms. The van der Waals surface area contributed by atoms with Crippen LogP contribution in [0.15, 0.2) is 18.5 Å². The van der Waals surface area contributed by atoms with Crippen molar-refractivity contribution in [3.05, 3.63) is 35.7 Å². The number of benzene rings is 1. The molecule has 4 N–H and O–H groups in total. The van der Waals surface area contributed by atoms with E-state index >= 15 is 0 Å². The number of hydrogen-bond acceptors (Lipinski definition) is 8. The summed E-state index contributed by atoms with van der Waals surface area (Å²) < 4.78 is 20.9. The van der Waals surface area contributed by atoms with Crippen molar-refractivity contribution in [1.82, 2.24) is 24.9 Å². The van der Waals surface area contributed by atoms with Crippen molar-refractivity contribution >= 4 is 33.4 Å². The summed E-state index contributed by atoms with van der Waals surface area (Å²) in [5, 5.41) is 4.68. The minimum Gasteiger partial charge on any atom is -0.421 e. The highest BCUT2D eigenvalue weighted by molar-refractivity contribution is 6.16. The highest BCUT2D eigenvalue weighted by atomic mass is 19.1. The van der Waals surface area contributed by atoms with Crippen LogP contribution < -0.4 is 20.7 Å². The van der Waals surface area contributed by atoms with Crippen LogP contribution in [0.1, 0.15) is 30.7 Å². The van der Waals surface area contributed by atoms with E-state index in [1.165, 1.54) is 6.07 Å². The monoisotopic (exact) mass is 462 g/mol. The zero-order chi connectivity index (χ0) is 23.6. The predicted molar refractivity (Wildman–Crippen MR) is 129 cm³/mol. The summed E-state index contributed by atoms with van der Waals surface area (Å²) in [5.41, 5.74) is 9.02. The van der Waals surface area contributed by atoms with Crippen LogP contribution in [0.4, 0.5) is 15.9 Å². The molecule has 0 spiro atoms. The number of H-pyrrole nitrogens is 1. The van der Waals surface area contributed by atoms with Crippen molar-refractivity contribution in [2.75, 3.05) is 23.8 Å². The van der Waals surface area contributed by atoms with E-state index in [1.54, 1.807) is 26.4 Å². The van der Waals surface area contributed by atoms with E-state index in [1.807, 2.05) is 6.92 Å². The average Bonchev–Trinajstić information content (AvgIpc) is 3.52. The second-order valence-corrected chi connectivity index (χ2v) is 9.23. The summed E-state index contributed by atoms with van der Waals surface area (Å²) >= 11 is 0. The Balaban J connectivity index is 1.58. The van der Waals surface area contributed by atoms with E-state index < -0.39 is 0 Å². The third-order valence-corrected chi connectivity index (χ3v) is 7.34. The molecule has 10 heteroatoms. The highest BCUT2D eigenvalue weighted by Gasteiger charge is 2.43. The summed E-state index contributed by atoms with van der Waals surface area (Å²) in [4.78, 5) is 23.6. The van der Waals surface area contributed by atoms with E-state index in [9.17, 15) is 4.39 Å². The first-order valence-electron chi connectivity index (χ1n) is 11.6. The third kappa shape index (κ3) is 3.16. The number of ether oxygens (including phenoxy) is 1. The first-order valence-corrected chi connectivity index (χ1v) is 11.6. The zero-order valence-electron chi connectivity index (χ0n) is 19.4. The Morgan fingerprint density at radius 2 is 1.94 bits per heavy atom. The van der Waals surface area contributed by atoms with Gasteiger partial charge in [0, 0.05) is 31.1 Å². The standard InChI is InChI=1S/C24H27FN8O/c1-11-15(25)8-17(27-3)21-19(11)20-22(30-21)31-24(34-13-9-28-12(2)29-10-13)32-23(20)33-7-6-14-16(26)4-5-18(14)33/h8-10,14,16,18,27H,4-7,26H2,1-3H3,(H,30,31,32)/t14-,16?,18+/m1/s1. The number of aromatic nitrogens is 5. The smallest absolute Gasteiger partial charge is 0.326 e. The van der Waals surface area contributed by atoms with Crippen LogP contribution >= 0.6 is 0 Å². The van der Waals surface area contributed by atoms with E-state index in [4.69, 9.17) is 15.5 Å². The maximum Gasteiger partial charge on any atom is 0.326 e. The highest BCUT2D eigenvalue weighted by Crippen LogP contribution is 2.44. The second kappa shape index (κ2) is 7.76. The molecule has 1 unspecified atom stereocenters. The minimum absolute atomic E-state index is 0.191. The molecule has 4 aromatic rings. The molecule has 2 aliphatic rings. The van der Waals surface area contributed by atoms with Gasteiger partial charge in [0.1, 0.15) is 23.1 Å². The van der Waals surface area contributed by atoms with Gasteiger partial charge in [0.15, 0.2) is 5.75 Å². The third-order valence-electron chi connectivity index (χ3n) is 7.34. The Morgan fingerprint density at radius 1 is 1.15 bits per heavy atom. The molecule has 1 aromatic carbocycles. The van der Waals surface area contributed by atoms with E-state index in [-0.39, 0.29) is 17.9 Å². The number of anilines is 2. The van der Waals surface area contributed by atoms with Gasteiger partial charge < -0.3 is 25.7 Å². The van der Waals surface area contributed by atoms with Crippen LogP contribution in [0.3, 0.4) is 0 Å². The molecule has 4 heterocycles. The molecule has 0 radical (unpaired) electrons. The largest absolute Gasteiger partial charge is 0.421 e. The lowest BCUT2D eigenvalue weighted by atomic mass is 10.0. The second-order valence-electron chi connectivity index (χ2n) is 9.23. The average molecular weight is 463 g/mol. The lowest BCUT2D eigenvalue weighted by Crippen LogP contribution is -2.33. The fourth-order valence-electron chi connectivity index (χ4n) is 5.64. The maximum absolute atomic E-state index is 14.9. The van der Waals surface area contributed by atoms with Crippen LogP contribution in [-0.4, -0.2) is 50.6 Å². The molecule has 6 rings (SSSR count). The summed E-state index contributed by atoms with van der Waals surface area (Å²) in [6.07, 6.45) is 6.21. The van der Waals surface area contributed by atoms with Gasteiger partial charge in [0.2, 0.25) is 0 Å². The molecule has 9 nitrogen and oxygen atoms in total. The quantitative estimate of drug-likeness (QED) is 0.419. The van der Waals surface area contributed by atoms with Crippen molar-refractivity contribution in [2.24, 2.45) is 11.7 Å². The van der Waals surface area contributed by atoms with Gasteiger partial charge in [-0.2, -0.15) is 9.97 Å². The van der Waals surface area contributed by atoms with Gasteiger partial charge in [-0.1, -0.05) is 0 Å². The maximum atomic E-state index is 14.9. The Hall–Kier alpha value is -3.53. The number of nitrogens with one attached hydrogen (secondary N) is 2. The summed E-state index contributed by atoms with van der Waals surface area (Å²) in [6.45, 7) is 4.44. The summed E-state index contributed by atoms with van der Waals surface area (Å²) in [6, 6.07) is 2.19. The van der Waals surface area contributed by atoms with Crippen LogP contribution in [0.5, 0.6) is 11.8 Å². The van der Waals surface area contributed by atoms with Crippen LogP contribution in [-0.2, 0) is 0 Å². The van der Waals surface area contributed by atoms with Crippen molar-refractivity contribution in [3.8, 4) is 11.8 Å². The normalized spacial score (nSPS) is 22.0. The van der Waals surface area contributed by atoms with Gasteiger partial charge in [-0.25, -0.2) is 14.4 Å². The van der Waals surface area contributed by atoms with Crippen LogP contribution in [0, 0.1) is 25.6 Å². The van der Waals surface area contributed by atoms with Gasteiger partial charge >= 0.3 is 6.01 Å². The van der Waals surface area contributed by atoms with Gasteiger partial charge in [0.05, 0.1) is 29.0 Å². The molecule has 1 saturated heterocycles. The topological polar surface area (TPSA) is 118 Å². The number of nitrogens with zero attached hydrogens (tertiary/aromatic N) is 5. The van der Waals surface area contributed by atoms with Crippen LogP contribution in [0.2, 0.25) is 0 Å². The SMILES string of the molecule is CNc1cc(F)c(C)c2c1[nH]c1nc(Oc3cnc(C)nc3)nc(N3CC[C@@H]4C(N)CC[C@@H]43)c12. The van der Waals surface area contributed by atoms with Crippen molar-refractivity contribution < 1.29 is 9.13 Å². The molecular formula is C24H27FN8O. The number of fused-ring (bicyclic) bond motifs is 4. The Bertz CT molecular complexity index is 1400. The molecular weight excluding hydrogens is 435 g/mol. The van der Waals surface area contributed by atoms with Crippen LogP contribution in [0.25, 0.3) is 21.9 Å². The number of hydrogen-bond donors (Lipinski definition) is 3. The molecule has 176 valence electrons.